The molecule has 1 heterocycles. The summed E-state index contributed by atoms with van der Waals surface area (Å²) in [6.45, 7) is 8.04. The second-order valence-corrected chi connectivity index (χ2v) is 5.79. The Morgan fingerprint density at radius 1 is 1.45 bits per heavy atom. The predicted octanol–water partition coefficient (Wildman–Crippen LogP) is 2.83. The number of nitrogens with zero attached hydrogens (tertiary/aromatic N) is 2. The third-order valence-corrected chi connectivity index (χ3v) is 3.78. The van der Waals surface area contributed by atoms with Crippen LogP contribution in [0.4, 0.5) is 0 Å². The van der Waals surface area contributed by atoms with Crippen molar-refractivity contribution < 1.29 is 9.94 Å². The molecule has 120 valence electrons. The van der Waals surface area contributed by atoms with Crippen LogP contribution in [0.1, 0.15) is 31.7 Å². The zero-order valence-electron chi connectivity index (χ0n) is 13.3. The van der Waals surface area contributed by atoms with Crippen molar-refractivity contribution >= 4 is 5.71 Å². The van der Waals surface area contributed by atoms with E-state index in [9.17, 15) is 5.11 Å². The first-order valence-electron chi connectivity index (χ1n) is 8.02. The molecule has 0 spiro atoms. The van der Waals surface area contributed by atoms with Crippen LogP contribution in [0.2, 0.25) is 0 Å². The SMILES string of the molecule is C=CCN(C[C@@H](O)CCC)C[C@@H]1CC(c2ccccc2)=NO1. The third kappa shape index (κ3) is 4.97. The zero-order valence-corrected chi connectivity index (χ0v) is 13.3. The summed E-state index contributed by atoms with van der Waals surface area (Å²) in [6.07, 6.45) is 4.24. The molecule has 0 bridgehead atoms. The fourth-order valence-corrected chi connectivity index (χ4v) is 2.74. The molecular formula is C18H26N2O2. The highest BCUT2D eigenvalue weighted by atomic mass is 16.6. The molecule has 1 aliphatic rings. The lowest BCUT2D eigenvalue weighted by Crippen LogP contribution is -2.38. The van der Waals surface area contributed by atoms with Crippen LogP contribution in [0, 0.1) is 0 Å². The Balaban J connectivity index is 1.86. The van der Waals surface area contributed by atoms with Gasteiger partial charge in [0.15, 0.2) is 0 Å². The van der Waals surface area contributed by atoms with Crippen LogP contribution in [0.25, 0.3) is 0 Å². The van der Waals surface area contributed by atoms with Crippen LogP contribution >= 0.6 is 0 Å². The molecule has 1 aromatic carbocycles. The van der Waals surface area contributed by atoms with Crippen LogP contribution in [0.5, 0.6) is 0 Å². The lowest BCUT2D eigenvalue weighted by Gasteiger charge is -2.25. The van der Waals surface area contributed by atoms with E-state index in [0.717, 1.165) is 43.6 Å². The molecule has 1 aromatic rings. The van der Waals surface area contributed by atoms with E-state index >= 15 is 0 Å². The Hall–Kier alpha value is -1.65. The zero-order chi connectivity index (χ0) is 15.8. The summed E-state index contributed by atoms with van der Waals surface area (Å²) in [6, 6.07) is 10.1. The van der Waals surface area contributed by atoms with Crippen molar-refractivity contribution in [1.82, 2.24) is 4.90 Å². The molecule has 0 saturated heterocycles. The second kappa shape index (κ2) is 8.71. The maximum absolute atomic E-state index is 10.0. The van der Waals surface area contributed by atoms with Crippen LogP contribution in [0.15, 0.2) is 48.1 Å². The number of hydrogen-bond acceptors (Lipinski definition) is 4. The summed E-state index contributed by atoms with van der Waals surface area (Å²) in [4.78, 5) is 7.75. The van der Waals surface area contributed by atoms with Crippen LogP contribution < -0.4 is 0 Å². The Morgan fingerprint density at radius 3 is 2.91 bits per heavy atom. The molecule has 0 amide bonds. The highest BCUT2D eigenvalue weighted by Gasteiger charge is 2.24. The summed E-state index contributed by atoms with van der Waals surface area (Å²) in [5, 5.41) is 14.2. The van der Waals surface area contributed by atoms with E-state index in [-0.39, 0.29) is 12.2 Å². The molecule has 0 unspecified atom stereocenters. The quantitative estimate of drug-likeness (QED) is 0.713. The average molecular weight is 302 g/mol. The van der Waals surface area contributed by atoms with E-state index in [1.807, 2.05) is 24.3 Å². The molecule has 0 radical (unpaired) electrons. The molecule has 4 nitrogen and oxygen atoms in total. The molecule has 2 rings (SSSR count). The van der Waals surface area contributed by atoms with Crippen molar-refractivity contribution in [2.75, 3.05) is 19.6 Å². The molecule has 0 fully saturated rings. The van der Waals surface area contributed by atoms with Gasteiger partial charge >= 0.3 is 0 Å². The molecular weight excluding hydrogens is 276 g/mol. The first-order chi connectivity index (χ1) is 10.7. The Labute approximate surface area is 133 Å². The minimum absolute atomic E-state index is 0.0454. The summed E-state index contributed by atoms with van der Waals surface area (Å²) < 4.78 is 0. The fraction of sp³-hybridized carbons (Fsp3) is 0.500. The number of oxime groups is 1. The third-order valence-electron chi connectivity index (χ3n) is 3.78. The molecule has 0 aromatic heterocycles. The summed E-state index contributed by atoms with van der Waals surface area (Å²) >= 11 is 0. The van der Waals surface area contributed by atoms with Gasteiger partial charge in [-0.05, 0) is 12.0 Å². The molecule has 22 heavy (non-hydrogen) atoms. The van der Waals surface area contributed by atoms with Crippen LogP contribution in [0.3, 0.4) is 0 Å². The van der Waals surface area contributed by atoms with Gasteiger partial charge in [0, 0.05) is 26.1 Å². The number of benzene rings is 1. The number of rotatable bonds is 9. The normalized spacial score (nSPS) is 18.9. The minimum Gasteiger partial charge on any atom is -0.392 e. The first-order valence-corrected chi connectivity index (χ1v) is 8.02. The maximum atomic E-state index is 10.0. The standard InChI is InChI=1S/C18H26N2O2/c1-3-8-16(21)13-20(11-4-2)14-17-12-18(19-22-17)15-9-6-5-7-10-15/h4-7,9-10,16-17,21H,2-3,8,11-14H2,1H3/t16-,17-/m0/s1. The molecule has 0 saturated carbocycles. The lowest BCUT2D eigenvalue weighted by molar-refractivity contribution is 0.0376. The highest BCUT2D eigenvalue weighted by molar-refractivity contribution is 6.01. The molecule has 4 heteroatoms. The summed E-state index contributed by atoms with van der Waals surface area (Å²) in [7, 11) is 0. The highest BCUT2D eigenvalue weighted by Crippen LogP contribution is 2.17. The lowest BCUT2D eigenvalue weighted by atomic mass is 10.0. The van der Waals surface area contributed by atoms with E-state index in [0.29, 0.717) is 6.54 Å². The number of hydrogen-bond donors (Lipinski definition) is 1. The monoisotopic (exact) mass is 302 g/mol. The van der Waals surface area contributed by atoms with Gasteiger partial charge in [-0.3, -0.25) is 4.90 Å². The average Bonchev–Trinajstić information content (AvgIpc) is 2.97. The van der Waals surface area contributed by atoms with E-state index in [1.54, 1.807) is 0 Å². The van der Waals surface area contributed by atoms with Crippen molar-refractivity contribution in [3.05, 3.63) is 48.6 Å². The van der Waals surface area contributed by atoms with E-state index in [2.05, 4.69) is 35.7 Å². The Morgan fingerprint density at radius 2 is 2.23 bits per heavy atom. The van der Waals surface area contributed by atoms with E-state index < -0.39 is 0 Å². The van der Waals surface area contributed by atoms with Gasteiger partial charge in [0.1, 0.15) is 6.10 Å². The summed E-state index contributed by atoms with van der Waals surface area (Å²) in [5.74, 6) is 0. The first kappa shape index (κ1) is 16.7. The van der Waals surface area contributed by atoms with Crippen molar-refractivity contribution in [2.45, 2.75) is 38.4 Å². The minimum atomic E-state index is -0.291. The van der Waals surface area contributed by atoms with Crippen molar-refractivity contribution in [3.63, 3.8) is 0 Å². The molecule has 1 N–H and O–H groups in total. The van der Waals surface area contributed by atoms with Crippen molar-refractivity contribution in [3.8, 4) is 0 Å². The number of aliphatic hydroxyl groups is 1. The maximum Gasteiger partial charge on any atom is 0.145 e. The molecule has 0 aliphatic carbocycles. The molecule has 1 aliphatic heterocycles. The van der Waals surface area contributed by atoms with Gasteiger partial charge in [-0.25, -0.2) is 0 Å². The van der Waals surface area contributed by atoms with Crippen LogP contribution in [-0.4, -0.2) is 47.6 Å². The van der Waals surface area contributed by atoms with Gasteiger partial charge in [-0.2, -0.15) is 0 Å². The van der Waals surface area contributed by atoms with Crippen molar-refractivity contribution in [2.24, 2.45) is 5.16 Å². The topological polar surface area (TPSA) is 45.1 Å². The predicted molar refractivity (Wildman–Crippen MR) is 90.0 cm³/mol. The fourth-order valence-electron chi connectivity index (χ4n) is 2.74. The van der Waals surface area contributed by atoms with Crippen LogP contribution in [-0.2, 0) is 4.84 Å². The molecule has 2 atom stereocenters. The smallest absolute Gasteiger partial charge is 0.145 e. The van der Waals surface area contributed by atoms with Gasteiger partial charge in [-0.15, -0.1) is 6.58 Å². The van der Waals surface area contributed by atoms with E-state index in [4.69, 9.17) is 4.84 Å². The van der Waals surface area contributed by atoms with Gasteiger partial charge in [0.25, 0.3) is 0 Å². The van der Waals surface area contributed by atoms with Crippen molar-refractivity contribution in [1.29, 1.82) is 0 Å². The largest absolute Gasteiger partial charge is 0.392 e. The summed E-state index contributed by atoms with van der Waals surface area (Å²) in [5.41, 5.74) is 2.12. The van der Waals surface area contributed by atoms with Gasteiger partial charge in [-0.1, -0.05) is 54.9 Å². The van der Waals surface area contributed by atoms with E-state index in [1.165, 1.54) is 0 Å². The van der Waals surface area contributed by atoms with Gasteiger partial charge in [0.2, 0.25) is 0 Å². The van der Waals surface area contributed by atoms with Gasteiger partial charge < -0.3 is 9.94 Å². The number of aliphatic hydroxyl groups excluding tert-OH is 1. The Bertz CT molecular complexity index is 487. The van der Waals surface area contributed by atoms with Gasteiger partial charge in [0.05, 0.1) is 11.8 Å². The second-order valence-electron chi connectivity index (χ2n) is 5.79. The Kier molecular flexibility index (Phi) is 6.62.